The molecule has 2 saturated carbocycles. The summed E-state index contributed by atoms with van der Waals surface area (Å²) in [5, 5.41) is 3.55. The molecular weight excluding hydrogens is 260 g/mol. The molecule has 1 aromatic carbocycles. The molecule has 0 amide bonds. The minimum Gasteiger partial charge on any atom is -0.492 e. The van der Waals surface area contributed by atoms with Gasteiger partial charge in [-0.3, -0.25) is 0 Å². The standard InChI is InChI=1S/C18H28N2O/c1-20(17-6-2-3-7-17)11-12-21-18-8-4-5-15(13-18)14-19-16-9-10-16/h4-5,8,13,16-17,19H,2-3,6-7,9-12,14H2,1H3. The second-order valence-corrected chi connectivity index (χ2v) is 6.57. The predicted molar refractivity (Wildman–Crippen MR) is 86.7 cm³/mol. The van der Waals surface area contributed by atoms with Crippen LogP contribution >= 0.6 is 0 Å². The molecule has 0 unspecified atom stereocenters. The molecule has 2 aliphatic carbocycles. The SMILES string of the molecule is CN(CCOc1cccc(CNC2CC2)c1)C1CCCC1. The second kappa shape index (κ2) is 7.28. The molecular formula is C18H28N2O. The third-order valence-electron chi connectivity index (χ3n) is 4.73. The lowest BCUT2D eigenvalue weighted by atomic mass is 10.2. The van der Waals surface area contributed by atoms with E-state index in [1.807, 2.05) is 0 Å². The summed E-state index contributed by atoms with van der Waals surface area (Å²) < 4.78 is 5.93. The van der Waals surface area contributed by atoms with Gasteiger partial charge in [0.2, 0.25) is 0 Å². The summed E-state index contributed by atoms with van der Waals surface area (Å²) in [6.45, 7) is 2.77. The highest BCUT2D eigenvalue weighted by molar-refractivity contribution is 5.28. The molecule has 3 nitrogen and oxygen atoms in total. The van der Waals surface area contributed by atoms with E-state index in [1.54, 1.807) is 0 Å². The number of rotatable bonds is 8. The molecule has 0 bridgehead atoms. The smallest absolute Gasteiger partial charge is 0.119 e. The van der Waals surface area contributed by atoms with Gasteiger partial charge in [0.1, 0.15) is 12.4 Å². The number of likely N-dealkylation sites (N-methyl/N-ethyl adjacent to an activating group) is 1. The summed E-state index contributed by atoms with van der Waals surface area (Å²) in [4.78, 5) is 2.46. The third-order valence-corrected chi connectivity index (χ3v) is 4.73. The molecule has 1 N–H and O–H groups in total. The Balaban J connectivity index is 1.40. The lowest BCUT2D eigenvalue weighted by Gasteiger charge is -2.23. The maximum atomic E-state index is 5.93. The summed E-state index contributed by atoms with van der Waals surface area (Å²) in [5.74, 6) is 1.00. The first-order chi connectivity index (χ1) is 10.3. The van der Waals surface area contributed by atoms with Crippen molar-refractivity contribution in [1.82, 2.24) is 10.2 Å². The fraction of sp³-hybridized carbons (Fsp3) is 0.667. The van der Waals surface area contributed by atoms with E-state index >= 15 is 0 Å². The first kappa shape index (κ1) is 14.9. The van der Waals surface area contributed by atoms with Crippen LogP contribution in [0.4, 0.5) is 0 Å². The van der Waals surface area contributed by atoms with Crippen molar-refractivity contribution in [3.63, 3.8) is 0 Å². The summed E-state index contributed by atoms with van der Waals surface area (Å²) in [5.41, 5.74) is 1.32. The van der Waals surface area contributed by atoms with E-state index in [2.05, 4.69) is 41.5 Å². The van der Waals surface area contributed by atoms with E-state index in [4.69, 9.17) is 4.74 Å². The third kappa shape index (κ3) is 4.72. The normalized spacial score (nSPS) is 19.3. The van der Waals surface area contributed by atoms with Gasteiger partial charge >= 0.3 is 0 Å². The van der Waals surface area contributed by atoms with E-state index in [9.17, 15) is 0 Å². The minimum atomic E-state index is 0.759. The molecule has 0 spiro atoms. The van der Waals surface area contributed by atoms with E-state index < -0.39 is 0 Å². The lowest BCUT2D eigenvalue weighted by Crippen LogP contribution is -2.32. The van der Waals surface area contributed by atoms with Crippen LogP contribution in [-0.2, 0) is 6.54 Å². The van der Waals surface area contributed by atoms with Crippen LogP contribution in [0.1, 0.15) is 44.1 Å². The van der Waals surface area contributed by atoms with Crippen LogP contribution in [0.2, 0.25) is 0 Å². The Bertz CT molecular complexity index is 439. The van der Waals surface area contributed by atoms with Gasteiger partial charge in [-0.25, -0.2) is 0 Å². The van der Waals surface area contributed by atoms with Crippen LogP contribution in [0.5, 0.6) is 5.75 Å². The van der Waals surface area contributed by atoms with Crippen molar-refractivity contribution in [2.24, 2.45) is 0 Å². The first-order valence-corrected chi connectivity index (χ1v) is 8.46. The Labute approximate surface area is 128 Å². The Hall–Kier alpha value is -1.06. The Morgan fingerprint density at radius 1 is 1.19 bits per heavy atom. The topological polar surface area (TPSA) is 24.5 Å². The van der Waals surface area contributed by atoms with E-state index in [0.717, 1.165) is 37.5 Å². The van der Waals surface area contributed by atoms with Crippen LogP contribution in [0.3, 0.4) is 0 Å². The molecule has 0 aromatic heterocycles. The maximum absolute atomic E-state index is 5.93. The highest BCUT2D eigenvalue weighted by Crippen LogP contribution is 2.22. The highest BCUT2D eigenvalue weighted by atomic mass is 16.5. The van der Waals surface area contributed by atoms with Gasteiger partial charge in [0.05, 0.1) is 0 Å². The quantitative estimate of drug-likeness (QED) is 0.795. The molecule has 1 aromatic rings. The van der Waals surface area contributed by atoms with Crippen molar-refractivity contribution in [1.29, 1.82) is 0 Å². The molecule has 0 heterocycles. The van der Waals surface area contributed by atoms with Crippen molar-refractivity contribution in [3.05, 3.63) is 29.8 Å². The Morgan fingerprint density at radius 3 is 2.76 bits per heavy atom. The number of nitrogens with one attached hydrogen (secondary N) is 1. The van der Waals surface area contributed by atoms with E-state index in [-0.39, 0.29) is 0 Å². The minimum absolute atomic E-state index is 0.759. The fourth-order valence-electron chi connectivity index (χ4n) is 3.13. The van der Waals surface area contributed by atoms with Gasteiger partial charge in [0.25, 0.3) is 0 Å². The van der Waals surface area contributed by atoms with Gasteiger partial charge in [-0.2, -0.15) is 0 Å². The molecule has 3 rings (SSSR count). The molecule has 2 fully saturated rings. The van der Waals surface area contributed by atoms with Crippen LogP contribution < -0.4 is 10.1 Å². The van der Waals surface area contributed by atoms with Crippen LogP contribution in [0.15, 0.2) is 24.3 Å². The molecule has 3 heteroatoms. The summed E-state index contributed by atoms with van der Waals surface area (Å²) in [6, 6.07) is 10.0. The largest absolute Gasteiger partial charge is 0.492 e. The number of ether oxygens (including phenoxy) is 1. The summed E-state index contributed by atoms with van der Waals surface area (Å²) in [7, 11) is 2.23. The zero-order valence-electron chi connectivity index (χ0n) is 13.2. The van der Waals surface area contributed by atoms with E-state index in [1.165, 1.54) is 44.1 Å². The van der Waals surface area contributed by atoms with Gasteiger partial charge in [-0.15, -0.1) is 0 Å². The monoisotopic (exact) mass is 288 g/mol. The first-order valence-electron chi connectivity index (χ1n) is 8.46. The zero-order valence-corrected chi connectivity index (χ0v) is 13.2. The van der Waals surface area contributed by atoms with Crippen molar-refractivity contribution < 1.29 is 4.74 Å². The van der Waals surface area contributed by atoms with Gasteiger partial charge < -0.3 is 15.0 Å². The van der Waals surface area contributed by atoms with Crippen molar-refractivity contribution in [2.45, 2.75) is 57.2 Å². The number of nitrogens with zero attached hydrogens (tertiary/aromatic N) is 1. The van der Waals surface area contributed by atoms with Crippen molar-refractivity contribution >= 4 is 0 Å². The molecule has 0 saturated heterocycles. The highest BCUT2D eigenvalue weighted by Gasteiger charge is 2.20. The Kier molecular flexibility index (Phi) is 5.15. The molecule has 116 valence electrons. The molecule has 21 heavy (non-hydrogen) atoms. The van der Waals surface area contributed by atoms with Crippen LogP contribution in [0.25, 0.3) is 0 Å². The average Bonchev–Trinajstić information content (AvgIpc) is 3.17. The van der Waals surface area contributed by atoms with Crippen LogP contribution in [0, 0.1) is 0 Å². The number of hydrogen-bond acceptors (Lipinski definition) is 3. The van der Waals surface area contributed by atoms with E-state index in [0.29, 0.717) is 0 Å². The number of hydrogen-bond donors (Lipinski definition) is 1. The van der Waals surface area contributed by atoms with Gasteiger partial charge in [-0.05, 0) is 50.4 Å². The van der Waals surface area contributed by atoms with Crippen molar-refractivity contribution in [3.8, 4) is 5.75 Å². The molecule has 0 radical (unpaired) electrons. The fourth-order valence-corrected chi connectivity index (χ4v) is 3.13. The lowest BCUT2D eigenvalue weighted by molar-refractivity contribution is 0.193. The molecule has 0 atom stereocenters. The van der Waals surface area contributed by atoms with Gasteiger partial charge in [0.15, 0.2) is 0 Å². The second-order valence-electron chi connectivity index (χ2n) is 6.57. The molecule has 2 aliphatic rings. The molecule has 0 aliphatic heterocycles. The summed E-state index contributed by atoms with van der Waals surface area (Å²) >= 11 is 0. The maximum Gasteiger partial charge on any atom is 0.119 e. The van der Waals surface area contributed by atoms with Gasteiger partial charge in [0, 0.05) is 25.2 Å². The number of benzene rings is 1. The Morgan fingerprint density at radius 2 is 2.00 bits per heavy atom. The van der Waals surface area contributed by atoms with Crippen molar-refractivity contribution in [2.75, 3.05) is 20.2 Å². The van der Waals surface area contributed by atoms with Gasteiger partial charge in [-0.1, -0.05) is 25.0 Å². The average molecular weight is 288 g/mol. The summed E-state index contributed by atoms with van der Waals surface area (Å²) in [6.07, 6.45) is 8.18. The predicted octanol–water partition coefficient (Wildman–Crippen LogP) is 3.19. The van der Waals surface area contributed by atoms with Crippen LogP contribution in [-0.4, -0.2) is 37.2 Å². The zero-order chi connectivity index (χ0) is 14.5.